The SMILES string of the molecule is Cn1cc(-c2cc(-c3ccc(NCCN)nc3)n3c(C#N)cnc3c2)cn1. The van der Waals surface area contributed by atoms with E-state index in [0.717, 1.165) is 28.2 Å². The number of hydrogen-bond acceptors (Lipinski definition) is 6. The minimum absolute atomic E-state index is 0.475. The molecule has 0 radical (unpaired) electrons. The number of fused-ring (bicyclic) bond motifs is 1. The van der Waals surface area contributed by atoms with E-state index in [1.54, 1.807) is 17.1 Å². The molecule has 0 aliphatic heterocycles. The van der Waals surface area contributed by atoms with Crippen molar-refractivity contribution in [3.63, 3.8) is 0 Å². The van der Waals surface area contributed by atoms with Gasteiger partial charge < -0.3 is 11.1 Å². The van der Waals surface area contributed by atoms with Crippen molar-refractivity contribution in [2.75, 3.05) is 18.4 Å². The smallest absolute Gasteiger partial charge is 0.145 e. The molecule has 4 heterocycles. The highest BCUT2D eigenvalue weighted by Crippen LogP contribution is 2.29. The van der Waals surface area contributed by atoms with Gasteiger partial charge in [-0.25, -0.2) is 9.97 Å². The van der Waals surface area contributed by atoms with Crippen LogP contribution in [0.2, 0.25) is 0 Å². The van der Waals surface area contributed by atoms with Crippen LogP contribution < -0.4 is 11.1 Å². The topological polar surface area (TPSA) is 110 Å². The minimum atomic E-state index is 0.475. The second-order valence-electron chi connectivity index (χ2n) is 6.13. The van der Waals surface area contributed by atoms with E-state index in [9.17, 15) is 5.26 Å². The molecule has 0 saturated heterocycles. The Morgan fingerprint density at radius 1 is 1.11 bits per heavy atom. The Hall–Kier alpha value is -3.70. The Bertz CT molecular complexity index is 1130. The lowest BCUT2D eigenvalue weighted by atomic mass is 10.1. The molecule has 4 rings (SSSR count). The van der Waals surface area contributed by atoms with Crippen LogP contribution in [0.1, 0.15) is 5.69 Å². The summed E-state index contributed by atoms with van der Waals surface area (Å²) in [7, 11) is 1.88. The van der Waals surface area contributed by atoms with Gasteiger partial charge in [0.25, 0.3) is 0 Å². The van der Waals surface area contributed by atoms with Gasteiger partial charge in [-0.3, -0.25) is 9.08 Å². The van der Waals surface area contributed by atoms with Crippen LogP contribution >= 0.6 is 0 Å². The van der Waals surface area contributed by atoms with E-state index in [0.29, 0.717) is 24.4 Å². The Balaban J connectivity index is 1.87. The Labute approximate surface area is 155 Å². The molecule has 0 aliphatic rings. The molecule has 0 unspecified atom stereocenters. The van der Waals surface area contributed by atoms with Gasteiger partial charge in [-0.05, 0) is 29.8 Å². The third kappa shape index (κ3) is 3.12. The lowest BCUT2D eigenvalue weighted by Crippen LogP contribution is -2.13. The van der Waals surface area contributed by atoms with Gasteiger partial charge in [0.1, 0.15) is 23.2 Å². The quantitative estimate of drug-likeness (QED) is 0.565. The van der Waals surface area contributed by atoms with Crippen molar-refractivity contribution < 1.29 is 0 Å². The van der Waals surface area contributed by atoms with Crippen LogP contribution in [0.3, 0.4) is 0 Å². The normalized spacial score (nSPS) is 10.9. The highest BCUT2D eigenvalue weighted by molar-refractivity contribution is 5.75. The van der Waals surface area contributed by atoms with Crippen LogP contribution in [0.25, 0.3) is 28.0 Å². The standard InChI is InChI=1S/C19H18N8/c1-26-12-15(10-25-26)14-6-17(27-16(8-21)11-24-19(27)7-14)13-2-3-18(23-9-13)22-5-4-20/h2-3,6-7,9-12H,4-5,20H2,1H3,(H,22,23). The maximum absolute atomic E-state index is 9.47. The number of pyridine rings is 2. The van der Waals surface area contributed by atoms with E-state index in [1.165, 1.54) is 0 Å². The van der Waals surface area contributed by atoms with Crippen LogP contribution in [-0.4, -0.2) is 37.2 Å². The lowest BCUT2D eigenvalue weighted by Gasteiger charge is -2.10. The first-order valence-electron chi connectivity index (χ1n) is 8.50. The summed E-state index contributed by atoms with van der Waals surface area (Å²) in [4.78, 5) is 8.84. The second kappa shape index (κ2) is 6.90. The molecule has 27 heavy (non-hydrogen) atoms. The molecule has 0 atom stereocenters. The van der Waals surface area contributed by atoms with Crippen molar-refractivity contribution in [1.29, 1.82) is 5.26 Å². The molecule has 0 saturated carbocycles. The van der Waals surface area contributed by atoms with E-state index in [-0.39, 0.29) is 0 Å². The predicted molar refractivity (Wildman–Crippen MR) is 103 cm³/mol. The second-order valence-corrected chi connectivity index (χ2v) is 6.13. The number of nitrogens with zero attached hydrogens (tertiary/aromatic N) is 6. The number of hydrogen-bond donors (Lipinski definition) is 2. The Kier molecular flexibility index (Phi) is 4.28. The Morgan fingerprint density at radius 3 is 2.67 bits per heavy atom. The fourth-order valence-electron chi connectivity index (χ4n) is 2.99. The molecule has 4 aromatic heterocycles. The molecular formula is C19H18N8. The van der Waals surface area contributed by atoms with E-state index in [1.807, 2.05) is 48.1 Å². The van der Waals surface area contributed by atoms with Crippen molar-refractivity contribution >= 4 is 11.5 Å². The van der Waals surface area contributed by atoms with Crippen LogP contribution in [0, 0.1) is 11.3 Å². The van der Waals surface area contributed by atoms with E-state index >= 15 is 0 Å². The molecular weight excluding hydrogens is 340 g/mol. The largest absolute Gasteiger partial charge is 0.369 e. The number of aromatic nitrogens is 5. The molecule has 8 nitrogen and oxygen atoms in total. The first-order valence-corrected chi connectivity index (χ1v) is 8.50. The first kappa shape index (κ1) is 16.8. The van der Waals surface area contributed by atoms with Gasteiger partial charge in [-0.1, -0.05) is 0 Å². The van der Waals surface area contributed by atoms with Gasteiger partial charge >= 0.3 is 0 Å². The molecule has 0 fully saturated rings. The van der Waals surface area contributed by atoms with E-state index in [4.69, 9.17) is 5.73 Å². The van der Waals surface area contributed by atoms with Crippen molar-refractivity contribution in [3.05, 3.63) is 54.7 Å². The molecule has 0 aliphatic carbocycles. The zero-order valence-corrected chi connectivity index (χ0v) is 14.8. The number of anilines is 1. The highest BCUT2D eigenvalue weighted by Gasteiger charge is 2.13. The fourth-order valence-corrected chi connectivity index (χ4v) is 2.99. The van der Waals surface area contributed by atoms with Gasteiger partial charge in [0.15, 0.2) is 0 Å². The molecule has 0 amide bonds. The molecule has 3 N–H and O–H groups in total. The summed E-state index contributed by atoms with van der Waals surface area (Å²) in [5.41, 5.74) is 10.4. The summed E-state index contributed by atoms with van der Waals surface area (Å²) in [6.45, 7) is 1.20. The summed E-state index contributed by atoms with van der Waals surface area (Å²) < 4.78 is 3.59. The maximum Gasteiger partial charge on any atom is 0.145 e. The number of imidazole rings is 1. The van der Waals surface area contributed by atoms with Gasteiger partial charge in [0.05, 0.1) is 18.1 Å². The fraction of sp³-hybridized carbons (Fsp3) is 0.158. The summed E-state index contributed by atoms with van der Waals surface area (Å²) in [5.74, 6) is 0.759. The maximum atomic E-state index is 9.47. The van der Waals surface area contributed by atoms with Crippen molar-refractivity contribution in [1.82, 2.24) is 24.1 Å². The Morgan fingerprint density at radius 2 is 2.00 bits per heavy atom. The third-order valence-corrected chi connectivity index (χ3v) is 4.27. The summed E-state index contributed by atoms with van der Waals surface area (Å²) in [6, 6.07) is 10.0. The number of nitrogens with one attached hydrogen (secondary N) is 1. The average Bonchev–Trinajstić information content (AvgIpc) is 3.32. The monoisotopic (exact) mass is 358 g/mol. The van der Waals surface area contributed by atoms with Gasteiger partial charge in [-0.15, -0.1) is 0 Å². The molecule has 0 bridgehead atoms. The van der Waals surface area contributed by atoms with Crippen molar-refractivity contribution in [2.24, 2.45) is 12.8 Å². The van der Waals surface area contributed by atoms with E-state index in [2.05, 4.69) is 26.5 Å². The van der Waals surface area contributed by atoms with Crippen LogP contribution in [0.15, 0.2) is 49.1 Å². The number of nitriles is 1. The van der Waals surface area contributed by atoms with E-state index < -0.39 is 0 Å². The lowest BCUT2D eigenvalue weighted by molar-refractivity contribution is 0.768. The highest BCUT2D eigenvalue weighted by atomic mass is 15.2. The zero-order chi connectivity index (χ0) is 18.8. The zero-order valence-electron chi connectivity index (χ0n) is 14.8. The molecule has 0 aromatic carbocycles. The third-order valence-electron chi connectivity index (χ3n) is 4.27. The van der Waals surface area contributed by atoms with Crippen LogP contribution in [0.5, 0.6) is 0 Å². The van der Waals surface area contributed by atoms with Gasteiger partial charge in [0, 0.05) is 43.7 Å². The van der Waals surface area contributed by atoms with Gasteiger partial charge in [0.2, 0.25) is 0 Å². The van der Waals surface area contributed by atoms with Crippen molar-refractivity contribution in [2.45, 2.75) is 0 Å². The average molecular weight is 358 g/mol. The minimum Gasteiger partial charge on any atom is -0.369 e. The van der Waals surface area contributed by atoms with Crippen molar-refractivity contribution in [3.8, 4) is 28.5 Å². The first-order chi connectivity index (χ1) is 13.2. The van der Waals surface area contributed by atoms with Gasteiger partial charge in [-0.2, -0.15) is 10.4 Å². The van der Waals surface area contributed by atoms with Crippen LogP contribution in [-0.2, 0) is 7.05 Å². The number of aryl methyl sites for hydroxylation is 1. The summed E-state index contributed by atoms with van der Waals surface area (Å²) >= 11 is 0. The summed E-state index contributed by atoms with van der Waals surface area (Å²) in [6.07, 6.45) is 7.11. The number of rotatable bonds is 5. The molecule has 4 aromatic rings. The molecule has 0 spiro atoms. The van der Waals surface area contributed by atoms with Crippen LogP contribution in [0.4, 0.5) is 5.82 Å². The predicted octanol–water partition coefficient (Wildman–Crippen LogP) is 2.04. The summed E-state index contributed by atoms with van der Waals surface area (Å²) in [5, 5.41) is 16.9. The molecule has 8 heteroatoms. The number of nitrogens with two attached hydrogens (primary N) is 1. The molecule has 134 valence electrons.